The van der Waals surface area contributed by atoms with Crippen LogP contribution in [0.4, 0.5) is 5.69 Å². The fourth-order valence-corrected chi connectivity index (χ4v) is 1.76. The van der Waals surface area contributed by atoms with Crippen molar-refractivity contribution in [3.8, 4) is 11.5 Å². The normalized spacial score (nSPS) is 11.1. The SMILES string of the molecule is COc1cc(NN=C(C)c2ccccc2)cc(OC)c1. The molecular weight excluding hydrogens is 252 g/mol. The van der Waals surface area contributed by atoms with Crippen LogP contribution in [0.5, 0.6) is 11.5 Å². The van der Waals surface area contributed by atoms with E-state index in [1.54, 1.807) is 14.2 Å². The minimum Gasteiger partial charge on any atom is -0.497 e. The molecule has 0 unspecified atom stereocenters. The van der Waals surface area contributed by atoms with Gasteiger partial charge in [0.05, 0.1) is 25.6 Å². The summed E-state index contributed by atoms with van der Waals surface area (Å²) in [4.78, 5) is 0. The third-order valence-electron chi connectivity index (χ3n) is 2.90. The van der Waals surface area contributed by atoms with Gasteiger partial charge in [0, 0.05) is 18.2 Å². The van der Waals surface area contributed by atoms with Gasteiger partial charge in [-0.1, -0.05) is 30.3 Å². The number of anilines is 1. The lowest BCUT2D eigenvalue weighted by Gasteiger charge is -2.08. The molecular formula is C16H18N2O2. The molecule has 2 aromatic rings. The third kappa shape index (κ3) is 3.51. The van der Waals surface area contributed by atoms with Crippen molar-refractivity contribution in [2.24, 2.45) is 5.10 Å². The Morgan fingerprint density at radius 3 is 2.10 bits per heavy atom. The summed E-state index contributed by atoms with van der Waals surface area (Å²) >= 11 is 0. The third-order valence-corrected chi connectivity index (χ3v) is 2.90. The maximum atomic E-state index is 5.22. The predicted molar refractivity (Wildman–Crippen MR) is 81.8 cm³/mol. The van der Waals surface area contributed by atoms with Gasteiger partial charge in [0.15, 0.2) is 0 Å². The van der Waals surface area contributed by atoms with E-state index in [0.717, 1.165) is 28.5 Å². The number of hydrogen-bond donors (Lipinski definition) is 1. The van der Waals surface area contributed by atoms with E-state index in [9.17, 15) is 0 Å². The van der Waals surface area contributed by atoms with Gasteiger partial charge in [0.2, 0.25) is 0 Å². The highest BCUT2D eigenvalue weighted by Gasteiger charge is 2.01. The van der Waals surface area contributed by atoms with Gasteiger partial charge in [-0.2, -0.15) is 5.10 Å². The quantitative estimate of drug-likeness (QED) is 0.667. The standard InChI is InChI=1S/C16H18N2O2/c1-12(13-7-5-4-6-8-13)17-18-14-9-15(19-2)11-16(10-14)20-3/h4-11,18H,1-3H3. The Labute approximate surface area is 119 Å². The summed E-state index contributed by atoms with van der Waals surface area (Å²) in [7, 11) is 3.24. The van der Waals surface area contributed by atoms with Crippen molar-refractivity contribution >= 4 is 11.4 Å². The summed E-state index contributed by atoms with van der Waals surface area (Å²) in [5.41, 5.74) is 5.82. The Kier molecular flexibility index (Phi) is 4.60. The second-order valence-electron chi connectivity index (χ2n) is 4.28. The van der Waals surface area contributed by atoms with Gasteiger partial charge >= 0.3 is 0 Å². The topological polar surface area (TPSA) is 42.8 Å². The number of methoxy groups -OCH3 is 2. The van der Waals surface area contributed by atoms with Crippen LogP contribution in [0.3, 0.4) is 0 Å². The van der Waals surface area contributed by atoms with E-state index in [1.807, 2.05) is 55.5 Å². The van der Waals surface area contributed by atoms with Crippen molar-refractivity contribution in [3.05, 3.63) is 54.1 Å². The molecule has 20 heavy (non-hydrogen) atoms. The van der Waals surface area contributed by atoms with Crippen LogP contribution >= 0.6 is 0 Å². The van der Waals surface area contributed by atoms with Crippen LogP contribution in [-0.4, -0.2) is 19.9 Å². The molecule has 0 fully saturated rings. The minimum atomic E-state index is 0.722. The van der Waals surface area contributed by atoms with E-state index >= 15 is 0 Å². The van der Waals surface area contributed by atoms with Crippen LogP contribution < -0.4 is 14.9 Å². The van der Waals surface area contributed by atoms with Gasteiger partial charge in [-0.25, -0.2) is 0 Å². The van der Waals surface area contributed by atoms with Crippen LogP contribution in [-0.2, 0) is 0 Å². The van der Waals surface area contributed by atoms with E-state index in [-0.39, 0.29) is 0 Å². The molecule has 0 saturated heterocycles. The maximum Gasteiger partial charge on any atom is 0.124 e. The largest absolute Gasteiger partial charge is 0.497 e. The van der Waals surface area contributed by atoms with Crippen LogP contribution in [0.2, 0.25) is 0 Å². The average molecular weight is 270 g/mol. The molecule has 0 aliphatic heterocycles. The first-order chi connectivity index (χ1) is 9.72. The Hall–Kier alpha value is -2.49. The Morgan fingerprint density at radius 1 is 0.950 bits per heavy atom. The molecule has 0 saturated carbocycles. The first-order valence-electron chi connectivity index (χ1n) is 6.31. The van der Waals surface area contributed by atoms with Gasteiger partial charge in [-0.3, -0.25) is 5.43 Å². The second kappa shape index (κ2) is 6.61. The molecule has 0 amide bonds. The highest BCUT2D eigenvalue weighted by molar-refractivity contribution is 5.99. The highest BCUT2D eigenvalue weighted by Crippen LogP contribution is 2.25. The molecule has 0 aliphatic carbocycles. The van der Waals surface area contributed by atoms with Gasteiger partial charge in [-0.15, -0.1) is 0 Å². The zero-order valence-corrected chi connectivity index (χ0v) is 11.9. The van der Waals surface area contributed by atoms with Gasteiger partial charge in [0.1, 0.15) is 11.5 Å². The number of ether oxygens (including phenoxy) is 2. The van der Waals surface area contributed by atoms with Gasteiger partial charge in [-0.05, 0) is 12.5 Å². The lowest BCUT2D eigenvalue weighted by molar-refractivity contribution is 0.394. The molecule has 0 spiro atoms. The zero-order chi connectivity index (χ0) is 14.4. The summed E-state index contributed by atoms with van der Waals surface area (Å²) in [5.74, 6) is 1.44. The monoisotopic (exact) mass is 270 g/mol. The molecule has 0 heterocycles. The van der Waals surface area contributed by atoms with Gasteiger partial charge in [0.25, 0.3) is 0 Å². The molecule has 0 aromatic heterocycles. The first-order valence-corrected chi connectivity index (χ1v) is 6.31. The summed E-state index contributed by atoms with van der Waals surface area (Å²) in [5, 5.41) is 4.37. The number of nitrogens with zero attached hydrogens (tertiary/aromatic N) is 1. The van der Waals surface area contributed by atoms with E-state index in [2.05, 4.69) is 10.5 Å². The van der Waals surface area contributed by atoms with E-state index < -0.39 is 0 Å². The molecule has 4 heteroatoms. The summed E-state index contributed by atoms with van der Waals surface area (Å²) in [6, 6.07) is 15.6. The number of nitrogens with one attached hydrogen (secondary N) is 1. The van der Waals surface area contributed by atoms with Crippen LogP contribution in [0, 0.1) is 0 Å². The Bertz CT molecular complexity index is 572. The summed E-state index contributed by atoms with van der Waals surface area (Å²) < 4.78 is 10.4. The molecule has 1 N–H and O–H groups in total. The lowest BCUT2D eigenvalue weighted by atomic mass is 10.1. The first kappa shape index (κ1) is 13.9. The van der Waals surface area contributed by atoms with Crippen LogP contribution in [0.15, 0.2) is 53.6 Å². The zero-order valence-electron chi connectivity index (χ0n) is 11.9. The van der Waals surface area contributed by atoms with E-state index in [4.69, 9.17) is 9.47 Å². The smallest absolute Gasteiger partial charge is 0.124 e. The molecule has 0 aliphatic rings. The van der Waals surface area contributed by atoms with Crippen molar-refractivity contribution in [2.45, 2.75) is 6.92 Å². The second-order valence-corrected chi connectivity index (χ2v) is 4.28. The lowest BCUT2D eigenvalue weighted by Crippen LogP contribution is -2.00. The molecule has 0 bridgehead atoms. The minimum absolute atomic E-state index is 0.722. The Morgan fingerprint density at radius 2 is 1.55 bits per heavy atom. The van der Waals surface area contributed by atoms with E-state index in [0.29, 0.717) is 0 Å². The molecule has 4 nitrogen and oxygen atoms in total. The number of benzene rings is 2. The highest BCUT2D eigenvalue weighted by atomic mass is 16.5. The van der Waals surface area contributed by atoms with Gasteiger partial charge < -0.3 is 9.47 Å². The van der Waals surface area contributed by atoms with Crippen molar-refractivity contribution in [2.75, 3.05) is 19.6 Å². The fraction of sp³-hybridized carbons (Fsp3) is 0.188. The summed E-state index contributed by atoms with van der Waals surface area (Å²) in [6.45, 7) is 1.96. The number of rotatable bonds is 5. The number of hydrazone groups is 1. The summed E-state index contributed by atoms with van der Waals surface area (Å²) in [6.07, 6.45) is 0. The van der Waals surface area contributed by atoms with Crippen molar-refractivity contribution in [3.63, 3.8) is 0 Å². The maximum absolute atomic E-state index is 5.22. The van der Waals surface area contributed by atoms with Crippen molar-refractivity contribution in [1.82, 2.24) is 0 Å². The van der Waals surface area contributed by atoms with E-state index in [1.165, 1.54) is 0 Å². The molecule has 104 valence electrons. The average Bonchev–Trinajstić information content (AvgIpc) is 2.53. The Balaban J connectivity index is 2.18. The van der Waals surface area contributed by atoms with Crippen molar-refractivity contribution in [1.29, 1.82) is 0 Å². The fourth-order valence-electron chi connectivity index (χ4n) is 1.76. The van der Waals surface area contributed by atoms with Crippen LogP contribution in [0.1, 0.15) is 12.5 Å². The number of hydrogen-bond acceptors (Lipinski definition) is 4. The molecule has 2 aromatic carbocycles. The predicted octanol–water partition coefficient (Wildman–Crippen LogP) is 3.54. The van der Waals surface area contributed by atoms with Crippen LogP contribution in [0.25, 0.3) is 0 Å². The molecule has 2 rings (SSSR count). The van der Waals surface area contributed by atoms with Crippen molar-refractivity contribution < 1.29 is 9.47 Å². The molecule has 0 atom stereocenters. The molecule has 0 radical (unpaired) electrons.